The maximum absolute atomic E-state index is 13.8. The van der Waals surface area contributed by atoms with E-state index in [1.54, 1.807) is 7.85 Å². The molecule has 0 fully saturated rings. The molecule has 0 heterocycles. The Kier molecular flexibility index (Phi) is 4.25. The molecule has 3 aromatic carbocycles. The van der Waals surface area contributed by atoms with Crippen molar-refractivity contribution in [2.24, 2.45) is 0 Å². The third-order valence-corrected chi connectivity index (χ3v) is 3.51. The first-order valence-corrected chi connectivity index (χ1v) is 7.26. The molecule has 3 aromatic rings. The molecule has 0 bridgehead atoms. The van der Waals surface area contributed by atoms with Gasteiger partial charge in [-0.15, -0.1) is 0 Å². The van der Waals surface area contributed by atoms with Crippen molar-refractivity contribution >= 4 is 13.3 Å². The summed E-state index contributed by atoms with van der Waals surface area (Å²) >= 11 is 0. The van der Waals surface area contributed by atoms with Gasteiger partial charge in [0.05, 0.1) is 5.56 Å². The summed E-state index contributed by atoms with van der Waals surface area (Å²) in [5.41, 5.74) is 3.25. The Bertz CT molecular complexity index is 865. The van der Waals surface area contributed by atoms with E-state index in [2.05, 4.69) is 11.8 Å². The zero-order valence-electron chi connectivity index (χ0n) is 12.6. The molecule has 0 aliphatic rings. The zero-order chi connectivity index (χ0) is 16.2. The van der Waals surface area contributed by atoms with Gasteiger partial charge < -0.3 is 0 Å². The van der Waals surface area contributed by atoms with Crippen LogP contribution in [0.5, 0.6) is 0 Å². The highest BCUT2D eigenvalue weighted by molar-refractivity contribution is 6.32. The molecule has 0 N–H and O–H groups in total. The fourth-order valence-corrected chi connectivity index (χ4v) is 2.33. The highest BCUT2D eigenvalue weighted by Gasteiger charge is 2.06. The quantitative estimate of drug-likeness (QED) is 0.478. The number of halogens is 2. The van der Waals surface area contributed by atoms with E-state index >= 15 is 0 Å². The third-order valence-electron chi connectivity index (χ3n) is 3.51. The zero-order valence-corrected chi connectivity index (χ0v) is 12.6. The minimum atomic E-state index is -0.629. The Hall–Kier alpha value is -2.86. The van der Waals surface area contributed by atoms with Crippen molar-refractivity contribution in [3.05, 3.63) is 89.5 Å². The maximum atomic E-state index is 13.8. The summed E-state index contributed by atoms with van der Waals surface area (Å²) in [5.74, 6) is 4.14. The lowest BCUT2D eigenvalue weighted by Gasteiger charge is -2.01. The first-order valence-electron chi connectivity index (χ1n) is 7.26. The predicted octanol–water partition coefficient (Wildman–Crippen LogP) is 3.29. The standard InChI is InChI=1S/C20H13BF2/c21-17-12-19(22)18(20(23)13-17)11-8-14-6-9-16(10-7-14)15-4-2-1-3-5-15/h1-7,9-10,12-13H,21H2. The van der Waals surface area contributed by atoms with Gasteiger partial charge in [0.15, 0.2) is 0 Å². The molecule has 0 amide bonds. The van der Waals surface area contributed by atoms with Gasteiger partial charge in [0.25, 0.3) is 0 Å². The lowest BCUT2D eigenvalue weighted by atomic mass is 9.94. The molecule has 0 aromatic heterocycles. The van der Waals surface area contributed by atoms with Crippen LogP contribution in [0.2, 0.25) is 0 Å². The molecule has 0 radical (unpaired) electrons. The third kappa shape index (κ3) is 3.49. The Labute approximate surface area is 135 Å². The van der Waals surface area contributed by atoms with Crippen molar-refractivity contribution < 1.29 is 8.78 Å². The van der Waals surface area contributed by atoms with Crippen molar-refractivity contribution in [3.63, 3.8) is 0 Å². The molecule has 3 rings (SSSR count). The molecule has 3 heteroatoms. The fourth-order valence-electron chi connectivity index (χ4n) is 2.33. The van der Waals surface area contributed by atoms with Gasteiger partial charge in [-0.25, -0.2) is 8.78 Å². The minimum absolute atomic E-state index is 0.192. The van der Waals surface area contributed by atoms with Gasteiger partial charge in [0.2, 0.25) is 0 Å². The Balaban J connectivity index is 1.88. The molecule has 23 heavy (non-hydrogen) atoms. The summed E-state index contributed by atoms with van der Waals surface area (Å²) in [6, 6.07) is 20.1. The number of benzene rings is 3. The Morgan fingerprint density at radius 3 is 1.87 bits per heavy atom. The summed E-state index contributed by atoms with van der Waals surface area (Å²) in [7, 11) is 1.64. The molecule has 0 aliphatic heterocycles. The first kappa shape index (κ1) is 15.1. The van der Waals surface area contributed by atoms with E-state index in [0.717, 1.165) is 11.1 Å². The largest absolute Gasteiger partial charge is 0.206 e. The second-order valence-corrected chi connectivity index (χ2v) is 5.30. The number of rotatable bonds is 1. The molecule has 0 saturated heterocycles. The van der Waals surface area contributed by atoms with Gasteiger partial charge in [-0.2, -0.15) is 0 Å². The van der Waals surface area contributed by atoms with Crippen LogP contribution in [0.15, 0.2) is 66.7 Å². The second-order valence-electron chi connectivity index (χ2n) is 5.30. The van der Waals surface area contributed by atoms with Crippen LogP contribution in [-0.4, -0.2) is 7.85 Å². The summed E-state index contributed by atoms with van der Waals surface area (Å²) in [6.45, 7) is 0. The van der Waals surface area contributed by atoms with E-state index in [9.17, 15) is 8.78 Å². The predicted molar refractivity (Wildman–Crippen MR) is 92.4 cm³/mol. The van der Waals surface area contributed by atoms with Gasteiger partial charge in [0.1, 0.15) is 19.5 Å². The Morgan fingerprint density at radius 1 is 0.696 bits per heavy atom. The van der Waals surface area contributed by atoms with Crippen molar-refractivity contribution in [1.82, 2.24) is 0 Å². The summed E-state index contributed by atoms with van der Waals surface area (Å²) in [6.07, 6.45) is 0. The summed E-state index contributed by atoms with van der Waals surface area (Å²) < 4.78 is 27.5. The number of hydrogen-bond acceptors (Lipinski definition) is 0. The highest BCUT2D eigenvalue weighted by Crippen LogP contribution is 2.19. The van der Waals surface area contributed by atoms with Crippen LogP contribution in [0.3, 0.4) is 0 Å². The van der Waals surface area contributed by atoms with Gasteiger partial charge >= 0.3 is 0 Å². The van der Waals surface area contributed by atoms with E-state index < -0.39 is 11.6 Å². The van der Waals surface area contributed by atoms with Crippen LogP contribution in [0, 0.1) is 23.5 Å². The molecule has 0 saturated carbocycles. The molecule has 0 aliphatic carbocycles. The highest BCUT2D eigenvalue weighted by atomic mass is 19.1. The van der Waals surface area contributed by atoms with Crippen molar-refractivity contribution in [1.29, 1.82) is 0 Å². The van der Waals surface area contributed by atoms with Crippen molar-refractivity contribution in [3.8, 4) is 23.0 Å². The van der Waals surface area contributed by atoms with Crippen molar-refractivity contribution in [2.75, 3.05) is 0 Å². The topological polar surface area (TPSA) is 0 Å². The van der Waals surface area contributed by atoms with Gasteiger partial charge in [0, 0.05) is 5.56 Å². The second kappa shape index (κ2) is 6.50. The van der Waals surface area contributed by atoms with Crippen molar-refractivity contribution in [2.45, 2.75) is 0 Å². The van der Waals surface area contributed by atoms with Gasteiger partial charge in [-0.05, 0) is 35.4 Å². The van der Waals surface area contributed by atoms with Crippen LogP contribution in [0.25, 0.3) is 11.1 Å². The maximum Gasteiger partial charge on any atom is 0.141 e. The van der Waals surface area contributed by atoms with Crippen LogP contribution >= 0.6 is 0 Å². The molecule has 0 spiro atoms. The van der Waals surface area contributed by atoms with Crippen LogP contribution in [-0.2, 0) is 0 Å². The monoisotopic (exact) mass is 302 g/mol. The fraction of sp³-hybridized carbons (Fsp3) is 0. The molecule has 110 valence electrons. The van der Waals surface area contributed by atoms with Gasteiger partial charge in [-0.3, -0.25) is 0 Å². The van der Waals surface area contributed by atoms with E-state index in [-0.39, 0.29) is 5.56 Å². The minimum Gasteiger partial charge on any atom is -0.206 e. The summed E-state index contributed by atoms with van der Waals surface area (Å²) in [4.78, 5) is 0. The van der Waals surface area contributed by atoms with Crippen LogP contribution < -0.4 is 5.46 Å². The normalized spacial score (nSPS) is 10.0. The summed E-state index contributed by atoms with van der Waals surface area (Å²) in [5, 5.41) is 0. The average molecular weight is 302 g/mol. The Morgan fingerprint density at radius 2 is 1.26 bits per heavy atom. The molecule has 0 nitrogen and oxygen atoms in total. The molecule has 0 unspecified atom stereocenters. The lowest BCUT2D eigenvalue weighted by Crippen LogP contribution is -2.06. The SMILES string of the molecule is Bc1cc(F)c(C#Cc2ccc(-c3ccccc3)cc2)c(F)c1. The molecular weight excluding hydrogens is 289 g/mol. The number of hydrogen-bond donors (Lipinski definition) is 0. The van der Waals surface area contributed by atoms with Crippen LogP contribution in [0.4, 0.5) is 8.78 Å². The molecule has 0 atom stereocenters. The smallest absolute Gasteiger partial charge is 0.141 e. The van der Waals surface area contributed by atoms with E-state index in [0.29, 0.717) is 11.0 Å². The van der Waals surface area contributed by atoms with Gasteiger partial charge in [-0.1, -0.05) is 59.8 Å². The van der Waals surface area contributed by atoms with E-state index in [4.69, 9.17) is 0 Å². The lowest BCUT2D eigenvalue weighted by molar-refractivity contribution is 0.579. The van der Waals surface area contributed by atoms with E-state index in [1.807, 2.05) is 54.6 Å². The van der Waals surface area contributed by atoms with Crippen LogP contribution in [0.1, 0.15) is 11.1 Å². The average Bonchev–Trinajstić information content (AvgIpc) is 2.55. The molecular formula is C20H13BF2. The first-order chi connectivity index (χ1) is 11.1. The van der Waals surface area contributed by atoms with E-state index in [1.165, 1.54) is 12.1 Å².